The molecule has 0 unspecified atom stereocenters. The van der Waals surface area contributed by atoms with Crippen molar-refractivity contribution in [2.75, 3.05) is 18.0 Å². The highest BCUT2D eigenvalue weighted by molar-refractivity contribution is 7.15. The summed E-state index contributed by atoms with van der Waals surface area (Å²) >= 11 is 1.86. The second-order valence-electron chi connectivity index (χ2n) is 5.06. The third-order valence-corrected chi connectivity index (χ3v) is 4.29. The Morgan fingerprint density at radius 1 is 1.39 bits per heavy atom. The van der Waals surface area contributed by atoms with Crippen molar-refractivity contribution in [3.05, 3.63) is 11.1 Å². The number of aromatic nitrogens is 1. The average Bonchev–Trinajstić information content (AvgIpc) is 3.10. The van der Waals surface area contributed by atoms with Crippen LogP contribution in [0.15, 0.2) is 6.20 Å². The summed E-state index contributed by atoms with van der Waals surface area (Å²) < 4.78 is 0. The quantitative estimate of drug-likeness (QED) is 0.695. The van der Waals surface area contributed by atoms with E-state index in [-0.39, 0.29) is 0 Å². The molecule has 0 atom stereocenters. The van der Waals surface area contributed by atoms with Gasteiger partial charge in [-0.2, -0.15) is 0 Å². The fourth-order valence-electron chi connectivity index (χ4n) is 2.05. The van der Waals surface area contributed by atoms with E-state index in [1.807, 2.05) is 17.5 Å². The van der Waals surface area contributed by atoms with Gasteiger partial charge in [0.1, 0.15) is 0 Å². The number of nitrogens with one attached hydrogen (secondary N) is 1. The first-order valence-corrected chi connectivity index (χ1v) is 8.08. The lowest BCUT2D eigenvalue weighted by atomic mass is 10.3. The van der Waals surface area contributed by atoms with E-state index in [9.17, 15) is 0 Å². The van der Waals surface area contributed by atoms with Crippen LogP contribution in [0, 0.1) is 0 Å². The van der Waals surface area contributed by atoms with Gasteiger partial charge in [-0.05, 0) is 32.2 Å². The molecule has 1 N–H and O–H groups in total. The Morgan fingerprint density at radius 3 is 2.89 bits per heavy atom. The monoisotopic (exact) mass is 267 g/mol. The molecule has 0 radical (unpaired) electrons. The lowest BCUT2D eigenvalue weighted by Crippen LogP contribution is -2.26. The van der Waals surface area contributed by atoms with Crippen LogP contribution < -0.4 is 10.2 Å². The van der Waals surface area contributed by atoms with Crippen molar-refractivity contribution in [2.24, 2.45) is 0 Å². The smallest absolute Gasteiger partial charge is 0.185 e. The summed E-state index contributed by atoms with van der Waals surface area (Å²) in [4.78, 5) is 8.50. The van der Waals surface area contributed by atoms with Gasteiger partial charge in [0, 0.05) is 30.2 Å². The van der Waals surface area contributed by atoms with Crippen LogP contribution in [0.2, 0.25) is 0 Å². The normalized spacial score (nSPS) is 15.0. The van der Waals surface area contributed by atoms with E-state index in [0.717, 1.165) is 19.1 Å². The molecule has 2 rings (SSSR count). The molecule has 1 aromatic heterocycles. The van der Waals surface area contributed by atoms with Gasteiger partial charge >= 0.3 is 0 Å². The maximum atomic E-state index is 4.61. The van der Waals surface area contributed by atoms with Gasteiger partial charge < -0.3 is 10.2 Å². The summed E-state index contributed by atoms with van der Waals surface area (Å²) in [6.45, 7) is 7.70. The molecule has 0 aromatic carbocycles. The summed E-state index contributed by atoms with van der Waals surface area (Å²) in [6, 6.07) is 0.777. The zero-order valence-corrected chi connectivity index (χ0v) is 12.4. The largest absolute Gasteiger partial charge is 0.345 e. The number of rotatable bonds is 9. The highest BCUT2D eigenvalue weighted by atomic mass is 32.1. The van der Waals surface area contributed by atoms with E-state index in [1.54, 1.807) is 0 Å². The molecule has 3 nitrogen and oxygen atoms in total. The lowest BCUT2D eigenvalue weighted by molar-refractivity contribution is 0.681. The Morgan fingerprint density at radius 2 is 2.22 bits per heavy atom. The maximum Gasteiger partial charge on any atom is 0.185 e. The van der Waals surface area contributed by atoms with Crippen LogP contribution in [-0.4, -0.2) is 24.1 Å². The summed E-state index contributed by atoms with van der Waals surface area (Å²) in [5, 5.41) is 4.68. The second kappa shape index (κ2) is 7.10. The third-order valence-electron chi connectivity index (χ3n) is 3.25. The highest BCUT2D eigenvalue weighted by Gasteiger charge is 2.30. The Bertz CT molecular complexity index is 347. The van der Waals surface area contributed by atoms with Gasteiger partial charge in [0.05, 0.1) is 0 Å². The molecule has 0 bridgehead atoms. The van der Waals surface area contributed by atoms with Crippen molar-refractivity contribution in [3.8, 4) is 0 Å². The van der Waals surface area contributed by atoms with Crippen molar-refractivity contribution in [1.29, 1.82) is 0 Å². The van der Waals surface area contributed by atoms with E-state index in [2.05, 4.69) is 29.0 Å². The minimum Gasteiger partial charge on any atom is -0.345 e. The second-order valence-corrected chi connectivity index (χ2v) is 6.16. The number of unbranched alkanes of at least 4 members (excludes halogenated alkanes) is 1. The molecule has 0 spiro atoms. The predicted octanol–water partition coefficient (Wildman–Crippen LogP) is 3.41. The molecule has 1 saturated carbocycles. The molecular weight excluding hydrogens is 242 g/mol. The van der Waals surface area contributed by atoms with Gasteiger partial charge in [0.15, 0.2) is 5.13 Å². The first-order valence-electron chi connectivity index (χ1n) is 7.27. The first kappa shape index (κ1) is 13.8. The predicted molar refractivity (Wildman–Crippen MR) is 79.4 cm³/mol. The molecule has 1 aromatic rings. The zero-order valence-electron chi connectivity index (χ0n) is 11.6. The SMILES string of the molecule is CCCCN(c1ncc(CNCCC)s1)C1CC1. The van der Waals surface area contributed by atoms with Crippen LogP contribution in [0.5, 0.6) is 0 Å². The molecular formula is C14H25N3S. The van der Waals surface area contributed by atoms with Crippen molar-refractivity contribution >= 4 is 16.5 Å². The summed E-state index contributed by atoms with van der Waals surface area (Å²) in [7, 11) is 0. The average molecular weight is 267 g/mol. The van der Waals surface area contributed by atoms with Crippen molar-refractivity contribution in [3.63, 3.8) is 0 Å². The number of hydrogen-bond donors (Lipinski definition) is 1. The number of nitrogens with zero attached hydrogens (tertiary/aromatic N) is 2. The number of hydrogen-bond acceptors (Lipinski definition) is 4. The molecule has 0 saturated heterocycles. The van der Waals surface area contributed by atoms with E-state index in [4.69, 9.17) is 0 Å². The first-order chi connectivity index (χ1) is 8.85. The molecule has 1 heterocycles. The Kier molecular flexibility index (Phi) is 5.45. The minimum absolute atomic E-state index is 0.777. The molecule has 0 amide bonds. The highest BCUT2D eigenvalue weighted by Crippen LogP contribution is 2.34. The molecule has 0 aliphatic heterocycles. The number of anilines is 1. The van der Waals surface area contributed by atoms with Gasteiger partial charge in [0.25, 0.3) is 0 Å². The van der Waals surface area contributed by atoms with Crippen molar-refractivity contribution in [1.82, 2.24) is 10.3 Å². The zero-order chi connectivity index (χ0) is 12.8. The van der Waals surface area contributed by atoms with Crippen LogP contribution in [0.1, 0.15) is 50.8 Å². The van der Waals surface area contributed by atoms with Crippen LogP contribution >= 0.6 is 11.3 Å². The molecule has 102 valence electrons. The Labute approximate surface area is 115 Å². The van der Waals surface area contributed by atoms with Crippen LogP contribution in [-0.2, 0) is 6.54 Å². The topological polar surface area (TPSA) is 28.2 Å². The lowest BCUT2D eigenvalue weighted by Gasteiger charge is -2.20. The third kappa shape index (κ3) is 3.95. The maximum absolute atomic E-state index is 4.61. The molecule has 4 heteroatoms. The van der Waals surface area contributed by atoms with Gasteiger partial charge in [-0.3, -0.25) is 0 Å². The Hall–Kier alpha value is -0.610. The molecule has 18 heavy (non-hydrogen) atoms. The number of thiazole rings is 1. The summed E-state index contributed by atoms with van der Waals surface area (Å²) in [5.74, 6) is 0. The Balaban J connectivity index is 1.89. The van der Waals surface area contributed by atoms with Gasteiger partial charge in [0.2, 0.25) is 0 Å². The molecule has 1 fully saturated rings. The van der Waals surface area contributed by atoms with Crippen molar-refractivity contribution in [2.45, 2.75) is 58.5 Å². The van der Waals surface area contributed by atoms with Crippen molar-refractivity contribution < 1.29 is 0 Å². The summed E-state index contributed by atoms with van der Waals surface area (Å²) in [5.41, 5.74) is 0. The van der Waals surface area contributed by atoms with Gasteiger partial charge in [-0.15, -0.1) is 11.3 Å². The van der Waals surface area contributed by atoms with Gasteiger partial charge in [-0.1, -0.05) is 20.3 Å². The molecule has 1 aliphatic carbocycles. The van der Waals surface area contributed by atoms with E-state index in [1.165, 1.54) is 48.7 Å². The fraction of sp³-hybridized carbons (Fsp3) is 0.786. The van der Waals surface area contributed by atoms with Crippen LogP contribution in [0.25, 0.3) is 0 Å². The minimum atomic E-state index is 0.777. The standard InChI is InChI=1S/C14H25N3S/c1-3-5-9-17(12-6-7-12)14-16-11-13(18-14)10-15-8-4-2/h11-12,15H,3-10H2,1-2H3. The fourth-order valence-corrected chi connectivity index (χ4v) is 3.03. The molecule has 1 aliphatic rings. The van der Waals surface area contributed by atoms with E-state index in [0.29, 0.717) is 0 Å². The van der Waals surface area contributed by atoms with Crippen LogP contribution in [0.3, 0.4) is 0 Å². The summed E-state index contributed by atoms with van der Waals surface area (Å²) in [6.07, 6.45) is 8.48. The van der Waals surface area contributed by atoms with Crippen LogP contribution in [0.4, 0.5) is 5.13 Å². The van der Waals surface area contributed by atoms with E-state index < -0.39 is 0 Å². The van der Waals surface area contributed by atoms with Gasteiger partial charge in [-0.25, -0.2) is 4.98 Å². The van der Waals surface area contributed by atoms with E-state index >= 15 is 0 Å².